The van der Waals surface area contributed by atoms with Crippen LogP contribution in [-0.4, -0.2) is 49.8 Å². The highest BCUT2D eigenvalue weighted by Crippen LogP contribution is 2.36. The van der Waals surface area contributed by atoms with Gasteiger partial charge in [-0.25, -0.2) is 0 Å². The molecule has 0 aromatic heterocycles. The Labute approximate surface area is 238 Å². The fourth-order valence-electron chi connectivity index (χ4n) is 5.06. The fourth-order valence-corrected chi connectivity index (χ4v) is 5.06. The molecule has 1 aliphatic heterocycles. The van der Waals surface area contributed by atoms with Crippen molar-refractivity contribution in [2.24, 2.45) is 0 Å². The van der Waals surface area contributed by atoms with Gasteiger partial charge < -0.3 is 26.1 Å². The van der Waals surface area contributed by atoms with Gasteiger partial charge in [0.2, 0.25) is 5.91 Å². The minimum atomic E-state index is 0.109. The molecule has 3 aromatic rings. The van der Waals surface area contributed by atoms with Gasteiger partial charge >= 0.3 is 0 Å². The van der Waals surface area contributed by atoms with Crippen LogP contribution in [-0.2, 0) is 4.79 Å². The number of nitrogens with one attached hydrogen (secondary N) is 2. The standard InChI is InChI=1S/C34H40N4O2/c1-2-31(26-10-5-3-6-11-26)34(28-15-18-32(36)29(24-28)25-35)27-13-16-30(17-14-27)40-23-20-37-19-9-12-33(39)38-21-7-4-8-22-38/h3,5-6,9-18,24-25,35,37H,2,4,7-8,19-23,36H2,1H3/b12-9+,34-31+,35-25?. The van der Waals surface area contributed by atoms with Crippen LogP contribution >= 0.6 is 0 Å². The van der Waals surface area contributed by atoms with E-state index in [1.54, 1.807) is 6.08 Å². The number of nitrogens with two attached hydrogens (primary N) is 1. The van der Waals surface area contributed by atoms with Gasteiger partial charge in [0.1, 0.15) is 12.4 Å². The van der Waals surface area contributed by atoms with Gasteiger partial charge in [-0.15, -0.1) is 0 Å². The maximum absolute atomic E-state index is 12.2. The molecule has 1 amide bonds. The number of ether oxygens (including phenoxy) is 1. The predicted octanol–water partition coefficient (Wildman–Crippen LogP) is 6.17. The second-order valence-electron chi connectivity index (χ2n) is 9.93. The Hall–Kier alpha value is -4.16. The van der Waals surface area contributed by atoms with E-state index in [9.17, 15) is 4.79 Å². The summed E-state index contributed by atoms with van der Waals surface area (Å²) < 4.78 is 5.97. The largest absolute Gasteiger partial charge is 0.492 e. The summed E-state index contributed by atoms with van der Waals surface area (Å²) in [7, 11) is 0. The molecule has 6 heteroatoms. The molecule has 1 aliphatic rings. The van der Waals surface area contributed by atoms with Crippen molar-refractivity contribution in [2.45, 2.75) is 32.6 Å². The number of anilines is 1. The zero-order valence-corrected chi connectivity index (χ0v) is 23.4. The number of hydrogen-bond acceptors (Lipinski definition) is 5. The summed E-state index contributed by atoms with van der Waals surface area (Å²) in [5.74, 6) is 0.911. The molecule has 0 bridgehead atoms. The lowest BCUT2D eigenvalue weighted by Gasteiger charge is -2.25. The molecular formula is C34H40N4O2. The monoisotopic (exact) mass is 536 g/mol. The van der Waals surface area contributed by atoms with Crippen LogP contribution in [0, 0.1) is 5.41 Å². The van der Waals surface area contributed by atoms with Gasteiger partial charge in [-0.1, -0.05) is 61.5 Å². The van der Waals surface area contributed by atoms with Crippen LogP contribution in [0.5, 0.6) is 5.75 Å². The number of amides is 1. The molecule has 0 atom stereocenters. The Morgan fingerprint density at radius 3 is 2.40 bits per heavy atom. The van der Waals surface area contributed by atoms with Gasteiger partial charge in [0.15, 0.2) is 0 Å². The van der Waals surface area contributed by atoms with E-state index in [0.717, 1.165) is 54.8 Å². The molecule has 40 heavy (non-hydrogen) atoms. The molecule has 0 unspecified atom stereocenters. The number of nitrogens with zero attached hydrogens (tertiary/aromatic N) is 1. The van der Waals surface area contributed by atoms with E-state index in [-0.39, 0.29) is 5.91 Å². The minimum Gasteiger partial charge on any atom is -0.492 e. The summed E-state index contributed by atoms with van der Waals surface area (Å²) in [5, 5.41) is 11.1. The van der Waals surface area contributed by atoms with Crippen molar-refractivity contribution in [1.29, 1.82) is 5.41 Å². The quantitative estimate of drug-likeness (QED) is 0.0848. The highest BCUT2D eigenvalue weighted by Gasteiger charge is 2.15. The SMILES string of the molecule is CC/C(=C(/c1ccc(OCCNC/C=C/C(=O)N2CCCCC2)cc1)c1ccc(N)c(C=N)c1)c1ccccc1. The zero-order valence-electron chi connectivity index (χ0n) is 23.4. The Balaban J connectivity index is 1.40. The average molecular weight is 537 g/mol. The average Bonchev–Trinajstić information content (AvgIpc) is 3.01. The van der Waals surface area contributed by atoms with Crippen LogP contribution in [0.25, 0.3) is 11.1 Å². The molecular weight excluding hydrogens is 496 g/mol. The number of carbonyl (C=O) groups is 1. The van der Waals surface area contributed by atoms with Gasteiger partial charge in [-0.3, -0.25) is 4.79 Å². The first-order valence-electron chi connectivity index (χ1n) is 14.2. The van der Waals surface area contributed by atoms with Gasteiger partial charge in [0.05, 0.1) is 0 Å². The van der Waals surface area contributed by atoms with Gasteiger partial charge in [-0.2, -0.15) is 0 Å². The summed E-state index contributed by atoms with van der Waals surface area (Å²) in [6, 6.07) is 24.5. The molecule has 0 radical (unpaired) electrons. The van der Waals surface area contributed by atoms with Crippen molar-refractivity contribution in [1.82, 2.24) is 10.2 Å². The normalized spacial score (nSPS) is 14.2. The van der Waals surface area contributed by atoms with Crippen LogP contribution in [0.15, 0.2) is 84.9 Å². The van der Waals surface area contributed by atoms with Crippen molar-refractivity contribution < 1.29 is 9.53 Å². The molecule has 6 nitrogen and oxygen atoms in total. The van der Waals surface area contributed by atoms with E-state index < -0.39 is 0 Å². The highest BCUT2D eigenvalue weighted by atomic mass is 16.5. The second kappa shape index (κ2) is 14.8. The first-order valence-corrected chi connectivity index (χ1v) is 14.2. The highest BCUT2D eigenvalue weighted by molar-refractivity contribution is 6.00. The molecule has 1 heterocycles. The Kier molecular flexibility index (Phi) is 10.7. The summed E-state index contributed by atoms with van der Waals surface area (Å²) >= 11 is 0. The summed E-state index contributed by atoms with van der Waals surface area (Å²) in [6.45, 7) is 5.76. The molecule has 4 rings (SSSR count). The van der Waals surface area contributed by atoms with Crippen molar-refractivity contribution in [2.75, 3.05) is 38.5 Å². The number of hydrogen-bond donors (Lipinski definition) is 3. The van der Waals surface area contributed by atoms with E-state index >= 15 is 0 Å². The van der Waals surface area contributed by atoms with Crippen LogP contribution in [0.3, 0.4) is 0 Å². The van der Waals surface area contributed by atoms with Crippen LogP contribution in [0.1, 0.15) is 54.9 Å². The van der Waals surface area contributed by atoms with Crippen LogP contribution < -0.4 is 15.8 Å². The number of nitrogen functional groups attached to an aromatic ring is 1. The van der Waals surface area contributed by atoms with E-state index in [2.05, 4.69) is 48.6 Å². The van der Waals surface area contributed by atoms with Crippen molar-refractivity contribution in [3.63, 3.8) is 0 Å². The van der Waals surface area contributed by atoms with E-state index in [0.29, 0.717) is 30.9 Å². The zero-order chi connectivity index (χ0) is 28.2. The van der Waals surface area contributed by atoms with Gasteiger partial charge in [-0.05, 0) is 77.8 Å². The maximum Gasteiger partial charge on any atom is 0.246 e. The third-order valence-corrected chi connectivity index (χ3v) is 7.19. The van der Waals surface area contributed by atoms with Crippen molar-refractivity contribution in [3.05, 3.63) is 107 Å². The second-order valence-corrected chi connectivity index (χ2v) is 9.93. The first kappa shape index (κ1) is 28.8. The molecule has 208 valence electrons. The van der Waals surface area contributed by atoms with E-state index in [1.165, 1.54) is 23.8 Å². The number of allylic oxidation sites excluding steroid dienone is 1. The molecule has 0 aliphatic carbocycles. The summed E-state index contributed by atoms with van der Waals surface area (Å²) in [4.78, 5) is 14.1. The summed E-state index contributed by atoms with van der Waals surface area (Å²) in [5.41, 5.74) is 13.0. The van der Waals surface area contributed by atoms with E-state index in [1.807, 2.05) is 47.4 Å². The number of carbonyl (C=O) groups excluding carboxylic acids is 1. The lowest BCUT2D eigenvalue weighted by molar-refractivity contribution is -0.126. The Bertz CT molecular complexity index is 1320. The molecule has 4 N–H and O–H groups in total. The van der Waals surface area contributed by atoms with Gasteiger partial charge in [0, 0.05) is 49.7 Å². The molecule has 0 saturated carbocycles. The smallest absolute Gasteiger partial charge is 0.246 e. The van der Waals surface area contributed by atoms with Gasteiger partial charge in [0.25, 0.3) is 0 Å². The topological polar surface area (TPSA) is 91.4 Å². The van der Waals surface area contributed by atoms with Crippen LogP contribution in [0.4, 0.5) is 5.69 Å². The van der Waals surface area contributed by atoms with Crippen molar-refractivity contribution >= 4 is 29.0 Å². The lowest BCUT2D eigenvalue weighted by atomic mass is 9.87. The third kappa shape index (κ3) is 7.70. The number of likely N-dealkylation sites (tertiary alicyclic amines) is 1. The maximum atomic E-state index is 12.2. The number of rotatable bonds is 12. The molecule has 3 aromatic carbocycles. The summed E-state index contributed by atoms with van der Waals surface area (Å²) in [6.07, 6.45) is 9.15. The molecule has 1 fully saturated rings. The fraction of sp³-hybridized carbons (Fsp3) is 0.294. The number of benzene rings is 3. The molecule has 1 saturated heterocycles. The van der Waals surface area contributed by atoms with Crippen molar-refractivity contribution in [3.8, 4) is 5.75 Å². The van der Waals surface area contributed by atoms with Crippen LogP contribution in [0.2, 0.25) is 0 Å². The number of piperidine rings is 1. The predicted molar refractivity (Wildman–Crippen MR) is 166 cm³/mol. The Morgan fingerprint density at radius 1 is 0.975 bits per heavy atom. The Morgan fingerprint density at radius 2 is 1.70 bits per heavy atom. The minimum absolute atomic E-state index is 0.109. The first-order chi connectivity index (χ1) is 19.6. The lowest BCUT2D eigenvalue weighted by Crippen LogP contribution is -2.34. The molecule has 0 spiro atoms. The third-order valence-electron chi connectivity index (χ3n) is 7.19. The van der Waals surface area contributed by atoms with E-state index in [4.69, 9.17) is 15.9 Å².